The Morgan fingerprint density at radius 3 is 2.46 bits per heavy atom. The Hall–Kier alpha value is 0.310. The molecule has 0 amide bonds. The van der Waals surface area contributed by atoms with E-state index in [-0.39, 0.29) is 0 Å². The summed E-state index contributed by atoms with van der Waals surface area (Å²) in [5.41, 5.74) is 0. The monoisotopic (exact) mass is 201 g/mol. The molecule has 1 heterocycles. The van der Waals surface area contributed by atoms with Crippen LogP contribution in [0, 0.1) is 0 Å². The van der Waals surface area contributed by atoms with E-state index in [9.17, 15) is 0 Å². The summed E-state index contributed by atoms with van der Waals surface area (Å²) in [6.07, 6.45) is 2.81. The summed E-state index contributed by atoms with van der Waals surface area (Å²) in [7, 11) is 0. The fourth-order valence-corrected chi connectivity index (χ4v) is 3.28. The molecule has 1 atom stereocenters. The molecule has 13 heavy (non-hydrogen) atoms. The number of rotatable bonds is 3. The average Bonchev–Trinajstić information content (AvgIpc) is 2.03. The van der Waals surface area contributed by atoms with Gasteiger partial charge in [0, 0.05) is 17.8 Å². The van der Waals surface area contributed by atoms with E-state index in [1.807, 2.05) is 0 Å². The first-order valence-corrected chi connectivity index (χ1v) is 6.43. The van der Waals surface area contributed by atoms with E-state index < -0.39 is 0 Å². The normalized spacial score (nSPS) is 25.8. The van der Waals surface area contributed by atoms with Crippen molar-refractivity contribution in [2.75, 3.05) is 13.1 Å². The predicted octanol–water partition coefficient (Wildman–Crippen LogP) is 3.00. The molecule has 78 valence electrons. The van der Waals surface area contributed by atoms with E-state index in [0.29, 0.717) is 0 Å². The van der Waals surface area contributed by atoms with E-state index >= 15 is 0 Å². The number of hydrogen-bond donors (Lipinski definition) is 0. The van der Waals surface area contributed by atoms with E-state index in [4.69, 9.17) is 0 Å². The lowest BCUT2D eigenvalue weighted by Crippen LogP contribution is -2.41. The second-order valence-electron chi connectivity index (χ2n) is 4.54. The quantitative estimate of drug-likeness (QED) is 0.690. The summed E-state index contributed by atoms with van der Waals surface area (Å²) >= 11 is 2.15. The number of hydrogen-bond acceptors (Lipinski definition) is 2. The van der Waals surface area contributed by atoms with Crippen LogP contribution in [0.5, 0.6) is 0 Å². The molecule has 1 saturated heterocycles. The van der Waals surface area contributed by atoms with Crippen LogP contribution in [0.1, 0.15) is 40.5 Å². The third-order valence-electron chi connectivity index (χ3n) is 2.60. The third kappa shape index (κ3) is 3.90. The van der Waals surface area contributed by atoms with E-state index in [1.54, 1.807) is 0 Å². The van der Waals surface area contributed by atoms with Gasteiger partial charge in [-0.3, -0.25) is 4.90 Å². The van der Waals surface area contributed by atoms with Crippen molar-refractivity contribution in [3.63, 3.8) is 0 Å². The summed E-state index contributed by atoms with van der Waals surface area (Å²) < 4.78 is 0. The van der Waals surface area contributed by atoms with Crippen LogP contribution >= 0.6 is 11.8 Å². The SMILES string of the molecule is CC(C)S[C@H]1CCCN(C(C)C)C1. The topological polar surface area (TPSA) is 3.24 Å². The first-order chi connectivity index (χ1) is 6.09. The van der Waals surface area contributed by atoms with Crippen molar-refractivity contribution in [3.05, 3.63) is 0 Å². The van der Waals surface area contributed by atoms with Gasteiger partial charge in [0.25, 0.3) is 0 Å². The molecule has 0 unspecified atom stereocenters. The molecule has 1 aliphatic heterocycles. The highest BCUT2D eigenvalue weighted by Gasteiger charge is 2.22. The molecule has 0 radical (unpaired) electrons. The van der Waals surface area contributed by atoms with Crippen LogP contribution in [-0.4, -0.2) is 34.5 Å². The van der Waals surface area contributed by atoms with Gasteiger partial charge in [-0.05, 0) is 38.5 Å². The second kappa shape index (κ2) is 5.26. The Morgan fingerprint density at radius 2 is 1.92 bits per heavy atom. The average molecular weight is 201 g/mol. The van der Waals surface area contributed by atoms with Crippen molar-refractivity contribution in [1.82, 2.24) is 4.90 Å². The van der Waals surface area contributed by atoms with Crippen LogP contribution < -0.4 is 0 Å². The molecule has 0 aromatic carbocycles. The molecule has 0 aromatic heterocycles. The molecule has 0 aliphatic carbocycles. The highest BCUT2D eigenvalue weighted by atomic mass is 32.2. The van der Waals surface area contributed by atoms with Crippen LogP contribution in [0.15, 0.2) is 0 Å². The summed E-state index contributed by atoms with van der Waals surface area (Å²) in [4.78, 5) is 2.61. The molecule has 0 saturated carbocycles. The zero-order valence-electron chi connectivity index (χ0n) is 9.42. The molecule has 2 heteroatoms. The van der Waals surface area contributed by atoms with Crippen LogP contribution in [-0.2, 0) is 0 Å². The zero-order valence-corrected chi connectivity index (χ0v) is 10.2. The smallest absolute Gasteiger partial charge is 0.0178 e. The van der Waals surface area contributed by atoms with Crippen molar-refractivity contribution >= 4 is 11.8 Å². The van der Waals surface area contributed by atoms with Gasteiger partial charge in [-0.25, -0.2) is 0 Å². The lowest BCUT2D eigenvalue weighted by molar-refractivity contribution is 0.189. The lowest BCUT2D eigenvalue weighted by Gasteiger charge is -2.35. The predicted molar refractivity (Wildman–Crippen MR) is 62.5 cm³/mol. The molecule has 1 nitrogen and oxygen atoms in total. The van der Waals surface area contributed by atoms with Gasteiger partial charge >= 0.3 is 0 Å². The molecule has 0 bridgehead atoms. The van der Waals surface area contributed by atoms with Crippen molar-refractivity contribution in [2.45, 2.75) is 57.1 Å². The summed E-state index contributed by atoms with van der Waals surface area (Å²) in [6.45, 7) is 11.8. The summed E-state index contributed by atoms with van der Waals surface area (Å²) in [5, 5.41) is 1.67. The molecule has 0 spiro atoms. The van der Waals surface area contributed by atoms with Gasteiger partial charge in [0.05, 0.1) is 0 Å². The number of nitrogens with zero attached hydrogens (tertiary/aromatic N) is 1. The minimum absolute atomic E-state index is 0.732. The number of likely N-dealkylation sites (tertiary alicyclic amines) is 1. The van der Waals surface area contributed by atoms with Crippen molar-refractivity contribution in [2.24, 2.45) is 0 Å². The summed E-state index contributed by atoms with van der Waals surface area (Å²) in [5.74, 6) is 0. The van der Waals surface area contributed by atoms with Crippen molar-refractivity contribution in [3.8, 4) is 0 Å². The van der Waals surface area contributed by atoms with Crippen molar-refractivity contribution in [1.29, 1.82) is 0 Å². The maximum absolute atomic E-state index is 2.61. The number of thioether (sulfide) groups is 1. The standard InChI is InChI=1S/C11H23NS/c1-9(2)12-7-5-6-11(8-12)13-10(3)4/h9-11H,5-8H2,1-4H3/t11-/m0/s1. The third-order valence-corrected chi connectivity index (χ3v) is 3.92. The molecule has 1 fully saturated rings. The minimum atomic E-state index is 0.732. The fraction of sp³-hybridized carbons (Fsp3) is 1.00. The van der Waals surface area contributed by atoms with Gasteiger partial charge in [0.2, 0.25) is 0 Å². The van der Waals surface area contributed by atoms with E-state index in [2.05, 4.69) is 44.4 Å². The lowest BCUT2D eigenvalue weighted by atomic mass is 10.1. The summed E-state index contributed by atoms with van der Waals surface area (Å²) in [6, 6.07) is 0.732. The molecule has 0 aromatic rings. The van der Waals surface area contributed by atoms with Gasteiger partial charge in [-0.15, -0.1) is 0 Å². The number of piperidine rings is 1. The van der Waals surface area contributed by atoms with Gasteiger partial charge in [-0.2, -0.15) is 11.8 Å². The molecule has 1 aliphatic rings. The molecule has 0 N–H and O–H groups in total. The van der Waals surface area contributed by atoms with Gasteiger partial charge < -0.3 is 0 Å². The largest absolute Gasteiger partial charge is 0.300 e. The maximum atomic E-state index is 2.61. The highest BCUT2D eigenvalue weighted by molar-refractivity contribution is 8.00. The van der Waals surface area contributed by atoms with E-state index in [1.165, 1.54) is 25.9 Å². The highest BCUT2D eigenvalue weighted by Crippen LogP contribution is 2.26. The Balaban J connectivity index is 2.33. The molecular weight excluding hydrogens is 178 g/mol. The van der Waals surface area contributed by atoms with Gasteiger partial charge in [0.1, 0.15) is 0 Å². The zero-order chi connectivity index (χ0) is 9.84. The maximum Gasteiger partial charge on any atom is 0.0178 e. The van der Waals surface area contributed by atoms with Crippen LogP contribution in [0.3, 0.4) is 0 Å². The van der Waals surface area contributed by atoms with Crippen molar-refractivity contribution < 1.29 is 0 Å². The van der Waals surface area contributed by atoms with Gasteiger partial charge in [0.15, 0.2) is 0 Å². The van der Waals surface area contributed by atoms with Crippen LogP contribution in [0.2, 0.25) is 0 Å². The Morgan fingerprint density at radius 1 is 1.23 bits per heavy atom. The molecular formula is C11H23NS. The van der Waals surface area contributed by atoms with Crippen LogP contribution in [0.4, 0.5) is 0 Å². The second-order valence-corrected chi connectivity index (χ2v) is 6.42. The van der Waals surface area contributed by atoms with Crippen LogP contribution in [0.25, 0.3) is 0 Å². The van der Waals surface area contributed by atoms with E-state index in [0.717, 1.165) is 16.5 Å². The molecule has 1 rings (SSSR count). The first-order valence-electron chi connectivity index (χ1n) is 5.49. The minimum Gasteiger partial charge on any atom is -0.300 e. The van der Waals surface area contributed by atoms with Gasteiger partial charge in [-0.1, -0.05) is 13.8 Å². The Bertz CT molecular complexity index is 145. The fourth-order valence-electron chi connectivity index (χ4n) is 1.93. The Kier molecular flexibility index (Phi) is 4.60. The first kappa shape index (κ1) is 11.4. The Labute approximate surface area is 87.3 Å².